The molecule has 0 unspecified atom stereocenters. The van der Waals surface area contributed by atoms with Gasteiger partial charge in [0.2, 0.25) is 0 Å². The standard InChI is InChI=1S/C20H22N2O4S/c1-3-22(4-2)20(25)15-7-9-16(10-8-15)21-18(23)14-26-19(24)12-11-17-6-5-13-27-17/h5-13H,3-4,14H2,1-2H3,(H,21,23)/b12-11-. The Morgan fingerprint density at radius 2 is 1.81 bits per heavy atom. The van der Waals surface area contributed by atoms with E-state index in [9.17, 15) is 14.4 Å². The predicted molar refractivity (Wildman–Crippen MR) is 107 cm³/mol. The Bertz CT molecular complexity index is 794. The number of carbonyl (C=O) groups is 3. The fraction of sp³-hybridized carbons (Fsp3) is 0.250. The third-order valence-electron chi connectivity index (χ3n) is 3.74. The number of ether oxygens (including phenoxy) is 1. The highest BCUT2D eigenvalue weighted by atomic mass is 32.1. The maximum absolute atomic E-state index is 12.2. The zero-order valence-corrected chi connectivity index (χ0v) is 16.1. The van der Waals surface area contributed by atoms with Gasteiger partial charge in [-0.15, -0.1) is 11.3 Å². The van der Waals surface area contributed by atoms with E-state index >= 15 is 0 Å². The Morgan fingerprint density at radius 3 is 2.41 bits per heavy atom. The summed E-state index contributed by atoms with van der Waals surface area (Å²) in [6.45, 7) is 4.74. The van der Waals surface area contributed by atoms with Crippen molar-refractivity contribution in [2.75, 3.05) is 25.0 Å². The first-order valence-electron chi connectivity index (χ1n) is 8.61. The first-order chi connectivity index (χ1) is 13.0. The summed E-state index contributed by atoms with van der Waals surface area (Å²) in [6.07, 6.45) is 2.92. The number of esters is 1. The smallest absolute Gasteiger partial charge is 0.331 e. The molecule has 0 atom stereocenters. The Kier molecular flexibility index (Phi) is 7.76. The molecule has 0 bridgehead atoms. The lowest BCUT2D eigenvalue weighted by Crippen LogP contribution is -2.30. The molecule has 1 N–H and O–H groups in total. The highest BCUT2D eigenvalue weighted by Gasteiger charge is 2.12. The maximum atomic E-state index is 12.2. The molecule has 0 aliphatic carbocycles. The van der Waals surface area contributed by atoms with Crippen molar-refractivity contribution in [3.8, 4) is 0 Å². The van der Waals surface area contributed by atoms with Gasteiger partial charge in [-0.25, -0.2) is 4.79 Å². The molecular weight excluding hydrogens is 364 g/mol. The lowest BCUT2D eigenvalue weighted by molar-refractivity contribution is -0.142. The molecular formula is C20H22N2O4S. The molecule has 2 amide bonds. The van der Waals surface area contributed by atoms with Gasteiger partial charge in [0.25, 0.3) is 11.8 Å². The van der Waals surface area contributed by atoms with Crippen LogP contribution in [0.15, 0.2) is 47.9 Å². The van der Waals surface area contributed by atoms with Crippen LogP contribution < -0.4 is 5.32 Å². The second-order valence-corrected chi connectivity index (χ2v) is 6.54. The second kappa shape index (κ2) is 10.3. The Hall–Kier alpha value is -2.93. The van der Waals surface area contributed by atoms with Gasteiger partial charge in [-0.2, -0.15) is 0 Å². The van der Waals surface area contributed by atoms with E-state index in [1.165, 1.54) is 17.4 Å². The maximum Gasteiger partial charge on any atom is 0.331 e. The van der Waals surface area contributed by atoms with Crippen molar-refractivity contribution >= 4 is 40.9 Å². The highest BCUT2D eigenvalue weighted by Crippen LogP contribution is 2.12. The molecule has 0 saturated carbocycles. The van der Waals surface area contributed by atoms with Gasteiger partial charge in [-0.1, -0.05) is 6.07 Å². The summed E-state index contributed by atoms with van der Waals surface area (Å²) in [6, 6.07) is 10.4. The number of carbonyl (C=O) groups excluding carboxylic acids is 3. The van der Waals surface area contributed by atoms with Gasteiger partial charge in [0, 0.05) is 35.3 Å². The van der Waals surface area contributed by atoms with E-state index < -0.39 is 11.9 Å². The number of nitrogens with zero attached hydrogens (tertiary/aromatic N) is 1. The minimum absolute atomic E-state index is 0.0515. The molecule has 7 heteroatoms. The largest absolute Gasteiger partial charge is 0.452 e. The van der Waals surface area contributed by atoms with Gasteiger partial charge in [-0.05, 0) is 55.6 Å². The lowest BCUT2D eigenvalue weighted by Gasteiger charge is -2.18. The number of hydrogen-bond donors (Lipinski definition) is 1. The van der Waals surface area contributed by atoms with Crippen LogP contribution in [0.5, 0.6) is 0 Å². The average Bonchev–Trinajstić information content (AvgIpc) is 3.20. The summed E-state index contributed by atoms with van der Waals surface area (Å²) in [5, 5.41) is 4.53. The van der Waals surface area contributed by atoms with Crippen LogP contribution in [0.2, 0.25) is 0 Å². The summed E-state index contributed by atoms with van der Waals surface area (Å²) in [7, 11) is 0. The van der Waals surface area contributed by atoms with Crippen LogP contribution in [-0.4, -0.2) is 42.4 Å². The van der Waals surface area contributed by atoms with Crippen LogP contribution in [0, 0.1) is 0 Å². The van der Waals surface area contributed by atoms with Gasteiger partial charge in [-0.3, -0.25) is 9.59 Å². The van der Waals surface area contributed by atoms with Crippen molar-refractivity contribution in [2.45, 2.75) is 13.8 Å². The third-order valence-corrected chi connectivity index (χ3v) is 4.58. The van der Waals surface area contributed by atoms with Gasteiger partial charge >= 0.3 is 5.97 Å². The molecule has 0 aliphatic heterocycles. The van der Waals surface area contributed by atoms with E-state index in [0.29, 0.717) is 24.3 Å². The monoisotopic (exact) mass is 386 g/mol. The summed E-state index contributed by atoms with van der Waals surface area (Å²) in [5.74, 6) is -1.08. The van der Waals surface area contributed by atoms with Gasteiger partial charge in [0.05, 0.1) is 0 Å². The Labute approximate surface area is 162 Å². The number of benzene rings is 1. The van der Waals surface area contributed by atoms with Gasteiger partial charge in [0.1, 0.15) is 0 Å². The van der Waals surface area contributed by atoms with E-state index in [-0.39, 0.29) is 12.5 Å². The molecule has 1 heterocycles. The predicted octanol–water partition coefficient (Wildman–Crippen LogP) is 3.43. The molecule has 0 saturated heterocycles. The third kappa shape index (κ3) is 6.38. The molecule has 1 aromatic carbocycles. The summed E-state index contributed by atoms with van der Waals surface area (Å²) < 4.78 is 4.90. The van der Waals surface area contributed by atoms with E-state index in [0.717, 1.165) is 4.88 Å². The second-order valence-electron chi connectivity index (χ2n) is 5.56. The molecule has 2 aromatic rings. The Morgan fingerprint density at radius 1 is 1.11 bits per heavy atom. The van der Waals surface area contributed by atoms with Crippen molar-refractivity contribution in [1.82, 2.24) is 4.90 Å². The molecule has 6 nitrogen and oxygen atoms in total. The number of thiophene rings is 1. The zero-order chi connectivity index (χ0) is 19.6. The first kappa shape index (κ1) is 20.4. The van der Waals surface area contributed by atoms with E-state index in [4.69, 9.17) is 4.74 Å². The molecule has 0 fully saturated rings. The molecule has 27 heavy (non-hydrogen) atoms. The number of nitrogens with one attached hydrogen (secondary N) is 1. The average molecular weight is 386 g/mol. The fourth-order valence-electron chi connectivity index (χ4n) is 2.31. The van der Waals surface area contributed by atoms with Crippen LogP contribution in [0.4, 0.5) is 5.69 Å². The van der Waals surface area contributed by atoms with Crippen LogP contribution in [0.25, 0.3) is 6.08 Å². The molecule has 0 radical (unpaired) electrons. The quantitative estimate of drug-likeness (QED) is 0.557. The minimum Gasteiger partial charge on any atom is -0.452 e. The van der Waals surface area contributed by atoms with E-state index in [1.807, 2.05) is 31.4 Å². The highest BCUT2D eigenvalue weighted by molar-refractivity contribution is 7.10. The molecule has 1 aromatic heterocycles. The summed E-state index contributed by atoms with van der Waals surface area (Å²) >= 11 is 1.50. The topological polar surface area (TPSA) is 75.7 Å². The van der Waals surface area contributed by atoms with Crippen LogP contribution >= 0.6 is 11.3 Å². The van der Waals surface area contributed by atoms with Crippen molar-refractivity contribution in [3.05, 3.63) is 58.3 Å². The lowest BCUT2D eigenvalue weighted by atomic mass is 10.2. The van der Waals surface area contributed by atoms with Crippen molar-refractivity contribution < 1.29 is 19.1 Å². The van der Waals surface area contributed by atoms with E-state index in [1.54, 1.807) is 35.2 Å². The number of anilines is 1. The number of amides is 2. The molecule has 0 spiro atoms. The molecule has 142 valence electrons. The van der Waals surface area contributed by atoms with Crippen molar-refractivity contribution in [3.63, 3.8) is 0 Å². The fourth-order valence-corrected chi connectivity index (χ4v) is 2.93. The SMILES string of the molecule is CCN(CC)C(=O)c1ccc(NC(=O)COC(=O)/C=C\c2cccs2)cc1. The summed E-state index contributed by atoms with van der Waals surface area (Å²) in [5.41, 5.74) is 1.09. The minimum atomic E-state index is -0.585. The van der Waals surface area contributed by atoms with Crippen LogP contribution in [-0.2, 0) is 14.3 Å². The summed E-state index contributed by atoms with van der Waals surface area (Å²) in [4.78, 5) is 38.4. The van der Waals surface area contributed by atoms with Crippen LogP contribution in [0.3, 0.4) is 0 Å². The molecule has 0 aliphatic rings. The van der Waals surface area contributed by atoms with Crippen LogP contribution in [0.1, 0.15) is 29.1 Å². The normalized spacial score (nSPS) is 10.6. The van der Waals surface area contributed by atoms with Gasteiger partial charge < -0.3 is 15.0 Å². The number of hydrogen-bond acceptors (Lipinski definition) is 5. The van der Waals surface area contributed by atoms with Crippen molar-refractivity contribution in [2.24, 2.45) is 0 Å². The zero-order valence-electron chi connectivity index (χ0n) is 15.3. The van der Waals surface area contributed by atoms with Gasteiger partial charge in [0.15, 0.2) is 6.61 Å². The van der Waals surface area contributed by atoms with E-state index in [2.05, 4.69) is 5.32 Å². The van der Waals surface area contributed by atoms with Crippen molar-refractivity contribution in [1.29, 1.82) is 0 Å². The number of rotatable bonds is 8. The Balaban J connectivity index is 1.81. The molecule has 2 rings (SSSR count). The first-order valence-corrected chi connectivity index (χ1v) is 9.49.